The van der Waals surface area contributed by atoms with E-state index < -0.39 is 0 Å². The molecule has 0 radical (unpaired) electrons. The highest BCUT2D eigenvalue weighted by Crippen LogP contribution is 2.47. The van der Waals surface area contributed by atoms with Gasteiger partial charge in [0.15, 0.2) is 11.5 Å². The van der Waals surface area contributed by atoms with Crippen molar-refractivity contribution in [3.05, 3.63) is 76.5 Å². The molecule has 4 rings (SSSR count). The maximum Gasteiger partial charge on any atom is 0.225 e. The molecule has 0 unspecified atom stereocenters. The van der Waals surface area contributed by atoms with Crippen LogP contribution >= 0.6 is 11.3 Å². The molecule has 4 nitrogen and oxygen atoms in total. The van der Waals surface area contributed by atoms with Gasteiger partial charge in [0, 0.05) is 28.2 Å². The first-order valence-corrected chi connectivity index (χ1v) is 11.0. The number of anilines is 1. The van der Waals surface area contributed by atoms with E-state index in [0.29, 0.717) is 31.1 Å². The van der Waals surface area contributed by atoms with Gasteiger partial charge in [-0.15, -0.1) is 11.3 Å². The summed E-state index contributed by atoms with van der Waals surface area (Å²) in [5.74, 6) is 1.40. The van der Waals surface area contributed by atoms with Gasteiger partial charge in [-0.1, -0.05) is 48.6 Å². The molecule has 0 aliphatic carbocycles. The van der Waals surface area contributed by atoms with Crippen molar-refractivity contribution in [3.63, 3.8) is 0 Å². The predicted molar refractivity (Wildman–Crippen MR) is 123 cm³/mol. The number of ether oxygens (including phenoxy) is 2. The van der Waals surface area contributed by atoms with E-state index in [0.717, 1.165) is 22.4 Å². The predicted octanol–water partition coefficient (Wildman–Crippen LogP) is 6.16. The van der Waals surface area contributed by atoms with Crippen LogP contribution in [0.4, 0.5) is 5.69 Å². The van der Waals surface area contributed by atoms with Gasteiger partial charge in [-0.25, -0.2) is 0 Å². The topological polar surface area (TPSA) is 47.6 Å². The Morgan fingerprint density at radius 2 is 1.97 bits per heavy atom. The summed E-state index contributed by atoms with van der Waals surface area (Å²) in [7, 11) is 0. The minimum absolute atomic E-state index is 0.00870. The first kappa shape index (κ1) is 20.2. The third-order valence-electron chi connectivity index (χ3n) is 5.18. The van der Waals surface area contributed by atoms with E-state index in [2.05, 4.69) is 48.5 Å². The molecular formula is C25H25NO3S. The SMILES string of the molecule is C=CCOc1ccc([C@H]2CC(=O)Nc3c(-c4ccc(C)cc4)csc32)cc1OCC. The number of amides is 1. The fraction of sp³-hybridized carbons (Fsp3) is 0.240. The molecule has 30 heavy (non-hydrogen) atoms. The Morgan fingerprint density at radius 1 is 1.17 bits per heavy atom. The molecule has 0 saturated heterocycles. The average molecular weight is 420 g/mol. The van der Waals surface area contributed by atoms with Crippen molar-refractivity contribution >= 4 is 22.9 Å². The van der Waals surface area contributed by atoms with Crippen LogP contribution in [-0.4, -0.2) is 19.1 Å². The fourth-order valence-corrected chi connectivity index (χ4v) is 4.88. The number of rotatable bonds is 7. The Kier molecular flexibility index (Phi) is 5.91. The maximum atomic E-state index is 12.6. The van der Waals surface area contributed by atoms with Gasteiger partial charge in [0.1, 0.15) is 6.61 Å². The van der Waals surface area contributed by atoms with Gasteiger partial charge >= 0.3 is 0 Å². The molecule has 1 aliphatic heterocycles. The number of hydrogen-bond donors (Lipinski definition) is 1. The molecule has 0 fully saturated rings. The second-order valence-electron chi connectivity index (χ2n) is 7.30. The molecule has 3 aromatic rings. The summed E-state index contributed by atoms with van der Waals surface area (Å²) in [6.45, 7) is 8.68. The molecular weight excluding hydrogens is 394 g/mol. The average Bonchev–Trinajstić information content (AvgIpc) is 3.16. The second kappa shape index (κ2) is 8.76. The lowest BCUT2D eigenvalue weighted by Gasteiger charge is -2.25. The van der Waals surface area contributed by atoms with Crippen LogP contribution in [0.3, 0.4) is 0 Å². The molecule has 2 aromatic carbocycles. The number of aryl methyl sites for hydroxylation is 1. The quantitative estimate of drug-likeness (QED) is 0.467. The monoisotopic (exact) mass is 419 g/mol. The lowest BCUT2D eigenvalue weighted by Crippen LogP contribution is -2.22. The zero-order valence-corrected chi connectivity index (χ0v) is 18.1. The molecule has 1 aromatic heterocycles. The Balaban J connectivity index is 1.73. The fourth-order valence-electron chi connectivity index (χ4n) is 3.72. The largest absolute Gasteiger partial charge is 0.490 e. The lowest BCUT2D eigenvalue weighted by atomic mass is 9.89. The Bertz CT molecular complexity index is 1070. The van der Waals surface area contributed by atoms with E-state index in [4.69, 9.17) is 9.47 Å². The molecule has 0 spiro atoms. The van der Waals surface area contributed by atoms with Gasteiger partial charge in [0.2, 0.25) is 5.91 Å². The van der Waals surface area contributed by atoms with Crippen molar-refractivity contribution in [1.29, 1.82) is 0 Å². The number of carbonyl (C=O) groups is 1. The number of thiophene rings is 1. The Hall–Kier alpha value is -3.05. The van der Waals surface area contributed by atoms with Gasteiger partial charge in [-0.05, 0) is 37.1 Å². The molecule has 2 heterocycles. The molecule has 5 heteroatoms. The van der Waals surface area contributed by atoms with Crippen LogP contribution in [0.5, 0.6) is 11.5 Å². The van der Waals surface area contributed by atoms with E-state index in [-0.39, 0.29) is 11.8 Å². The van der Waals surface area contributed by atoms with Crippen LogP contribution in [-0.2, 0) is 4.79 Å². The van der Waals surface area contributed by atoms with Gasteiger partial charge in [0.05, 0.1) is 12.3 Å². The van der Waals surface area contributed by atoms with E-state index in [1.54, 1.807) is 17.4 Å². The molecule has 1 N–H and O–H groups in total. The van der Waals surface area contributed by atoms with Crippen molar-refractivity contribution < 1.29 is 14.3 Å². The Morgan fingerprint density at radius 3 is 2.70 bits per heavy atom. The summed E-state index contributed by atoms with van der Waals surface area (Å²) >= 11 is 1.69. The number of hydrogen-bond acceptors (Lipinski definition) is 4. The first-order valence-electron chi connectivity index (χ1n) is 10.1. The Labute approximate surface area is 181 Å². The number of nitrogens with one attached hydrogen (secondary N) is 1. The summed E-state index contributed by atoms with van der Waals surface area (Å²) in [5.41, 5.74) is 5.38. The zero-order chi connectivity index (χ0) is 21.1. The molecule has 1 atom stereocenters. The minimum atomic E-state index is -0.00870. The maximum absolute atomic E-state index is 12.6. The highest BCUT2D eigenvalue weighted by atomic mass is 32.1. The summed E-state index contributed by atoms with van der Waals surface area (Å²) in [5, 5.41) is 5.24. The van der Waals surface area contributed by atoms with Crippen LogP contribution in [0.1, 0.15) is 35.3 Å². The van der Waals surface area contributed by atoms with E-state index in [1.807, 2.05) is 25.1 Å². The molecule has 0 bridgehead atoms. The third kappa shape index (κ3) is 3.98. The van der Waals surface area contributed by atoms with Gasteiger partial charge < -0.3 is 14.8 Å². The minimum Gasteiger partial charge on any atom is -0.490 e. The van der Waals surface area contributed by atoms with Crippen molar-refractivity contribution in [2.45, 2.75) is 26.2 Å². The first-order chi connectivity index (χ1) is 14.6. The van der Waals surface area contributed by atoms with Crippen molar-refractivity contribution in [1.82, 2.24) is 0 Å². The molecule has 1 amide bonds. The number of benzene rings is 2. The van der Waals surface area contributed by atoms with Gasteiger partial charge in [-0.3, -0.25) is 4.79 Å². The van der Waals surface area contributed by atoms with Crippen molar-refractivity contribution in [2.75, 3.05) is 18.5 Å². The molecule has 0 saturated carbocycles. The van der Waals surface area contributed by atoms with Crippen LogP contribution in [0.25, 0.3) is 11.1 Å². The summed E-state index contributed by atoms with van der Waals surface area (Å²) in [6, 6.07) is 14.3. The summed E-state index contributed by atoms with van der Waals surface area (Å²) in [6.07, 6.45) is 2.12. The number of carbonyl (C=O) groups excluding carboxylic acids is 1. The van der Waals surface area contributed by atoms with E-state index in [1.165, 1.54) is 10.4 Å². The lowest BCUT2D eigenvalue weighted by molar-refractivity contribution is -0.116. The molecule has 154 valence electrons. The van der Waals surface area contributed by atoms with Crippen LogP contribution in [0.2, 0.25) is 0 Å². The van der Waals surface area contributed by atoms with Crippen LogP contribution in [0.15, 0.2) is 60.5 Å². The van der Waals surface area contributed by atoms with E-state index in [9.17, 15) is 4.79 Å². The number of fused-ring (bicyclic) bond motifs is 1. The highest BCUT2D eigenvalue weighted by Gasteiger charge is 2.31. The molecule has 1 aliphatic rings. The standard InChI is InChI=1S/C25H25NO3S/c1-4-12-29-21-11-10-18(13-22(21)28-5-2)19-14-23(27)26-24-20(15-30-25(19)24)17-8-6-16(3)7-9-17/h4,6-11,13,15,19H,1,5,12,14H2,2-3H3,(H,26,27)/t19-/m1/s1. The smallest absolute Gasteiger partial charge is 0.225 e. The van der Waals surface area contributed by atoms with Gasteiger partial charge in [0.25, 0.3) is 0 Å². The van der Waals surface area contributed by atoms with Crippen LogP contribution in [0, 0.1) is 6.92 Å². The highest BCUT2D eigenvalue weighted by molar-refractivity contribution is 7.11. The van der Waals surface area contributed by atoms with Crippen molar-refractivity contribution in [2.24, 2.45) is 0 Å². The van der Waals surface area contributed by atoms with E-state index >= 15 is 0 Å². The summed E-state index contributed by atoms with van der Waals surface area (Å²) < 4.78 is 11.5. The zero-order valence-electron chi connectivity index (χ0n) is 17.2. The van der Waals surface area contributed by atoms with Crippen LogP contribution < -0.4 is 14.8 Å². The van der Waals surface area contributed by atoms with Gasteiger partial charge in [-0.2, -0.15) is 0 Å². The second-order valence-corrected chi connectivity index (χ2v) is 8.21. The normalized spacial score (nSPS) is 15.3. The third-order valence-corrected chi connectivity index (χ3v) is 6.28. The van der Waals surface area contributed by atoms with Crippen molar-refractivity contribution in [3.8, 4) is 22.6 Å². The summed E-state index contributed by atoms with van der Waals surface area (Å²) in [4.78, 5) is 13.8.